The maximum absolute atomic E-state index is 10.2. The number of benzene rings is 1. The average molecular weight is 326 g/mol. The Morgan fingerprint density at radius 2 is 2.11 bits per heavy atom. The van der Waals surface area contributed by atoms with Crippen molar-refractivity contribution in [1.29, 1.82) is 0 Å². The Hall–Kier alpha value is -0.380. The van der Waals surface area contributed by atoms with E-state index in [1.54, 1.807) is 0 Å². The maximum atomic E-state index is 10.2. The summed E-state index contributed by atoms with van der Waals surface area (Å²) in [6.45, 7) is 1.66. The van der Waals surface area contributed by atoms with Gasteiger partial charge in [-0.3, -0.25) is 4.90 Å². The van der Waals surface area contributed by atoms with Gasteiger partial charge in [0.2, 0.25) is 0 Å². The summed E-state index contributed by atoms with van der Waals surface area (Å²) in [7, 11) is 2.08. The molecule has 1 saturated carbocycles. The lowest BCUT2D eigenvalue weighted by molar-refractivity contribution is 0.0994. The van der Waals surface area contributed by atoms with Gasteiger partial charge in [0.1, 0.15) is 0 Å². The minimum absolute atomic E-state index is 0.180. The van der Waals surface area contributed by atoms with Crippen LogP contribution >= 0.6 is 15.9 Å². The molecule has 3 heteroatoms. The van der Waals surface area contributed by atoms with Gasteiger partial charge >= 0.3 is 0 Å². The Labute approximate surface area is 124 Å². The molecule has 0 bridgehead atoms. The van der Waals surface area contributed by atoms with Crippen molar-refractivity contribution in [1.82, 2.24) is 4.90 Å². The van der Waals surface area contributed by atoms with E-state index in [1.165, 1.54) is 31.2 Å². The molecular weight excluding hydrogens is 302 g/mol. The van der Waals surface area contributed by atoms with E-state index in [2.05, 4.69) is 46.1 Å². The highest BCUT2D eigenvalue weighted by Gasteiger charge is 2.19. The zero-order valence-corrected chi connectivity index (χ0v) is 13.3. The topological polar surface area (TPSA) is 23.5 Å². The Morgan fingerprint density at radius 1 is 1.37 bits per heavy atom. The van der Waals surface area contributed by atoms with Crippen molar-refractivity contribution < 1.29 is 5.11 Å². The van der Waals surface area contributed by atoms with Gasteiger partial charge in [-0.05, 0) is 37.1 Å². The summed E-state index contributed by atoms with van der Waals surface area (Å²) in [5, 5.41) is 10.2. The smallest absolute Gasteiger partial charge is 0.0669 e. The Bertz CT molecular complexity index is 390. The minimum atomic E-state index is -0.180. The summed E-state index contributed by atoms with van der Waals surface area (Å²) in [4.78, 5) is 2.21. The molecule has 1 fully saturated rings. The van der Waals surface area contributed by atoms with Gasteiger partial charge < -0.3 is 5.11 Å². The molecule has 0 spiro atoms. The van der Waals surface area contributed by atoms with E-state index in [0.717, 1.165) is 29.9 Å². The third kappa shape index (κ3) is 5.25. The lowest BCUT2D eigenvalue weighted by Crippen LogP contribution is -2.30. The van der Waals surface area contributed by atoms with Crippen LogP contribution in [0.1, 0.15) is 37.7 Å². The summed E-state index contributed by atoms with van der Waals surface area (Å²) < 4.78 is 1.12. The summed E-state index contributed by atoms with van der Waals surface area (Å²) in [6.07, 6.45) is 6.12. The predicted molar refractivity (Wildman–Crippen MR) is 83.1 cm³/mol. The molecule has 1 aliphatic rings. The molecule has 0 heterocycles. The predicted octanol–water partition coefficient (Wildman–Crippen LogP) is 3.82. The van der Waals surface area contributed by atoms with E-state index in [-0.39, 0.29) is 6.10 Å². The molecule has 0 amide bonds. The molecule has 1 atom stereocenters. The first-order valence-electron chi connectivity index (χ1n) is 7.24. The molecule has 0 aliphatic heterocycles. The maximum Gasteiger partial charge on any atom is 0.0669 e. The fraction of sp³-hybridized carbons (Fsp3) is 0.625. The Morgan fingerprint density at radius 3 is 2.79 bits per heavy atom. The van der Waals surface area contributed by atoms with E-state index in [1.807, 2.05) is 6.07 Å². The van der Waals surface area contributed by atoms with Crippen LogP contribution in [-0.2, 0) is 6.54 Å². The summed E-state index contributed by atoms with van der Waals surface area (Å²) in [6, 6.07) is 8.37. The van der Waals surface area contributed by atoms with Gasteiger partial charge in [0.25, 0.3) is 0 Å². The number of halogens is 1. The van der Waals surface area contributed by atoms with Gasteiger partial charge in [-0.1, -0.05) is 53.7 Å². The van der Waals surface area contributed by atoms with E-state index >= 15 is 0 Å². The lowest BCUT2D eigenvalue weighted by Gasteiger charge is -2.22. The van der Waals surface area contributed by atoms with Gasteiger partial charge in [0.15, 0.2) is 0 Å². The second-order valence-corrected chi connectivity index (χ2v) is 6.78. The van der Waals surface area contributed by atoms with E-state index in [4.69, 9.17) is 0 Å². The molecule has 2 rings (SSSR count). The van der Waals surface area contributed by atoms with Crippen LogP contribution in [0.2, 0.25) is 0 Å². The van der Waals surface area contributed by atoms with E-state index in [9.17, 15) is 5.11 Å². The molecular formula is C16H24BrNO. The van der Waals surface area contributed by atoms with Crippen LogP contribution in [0, 0.1) is 5.92 Å². The minimum Gasteiger partial charge on any atom is -0.392 e. The van der Waals surface area contributed by atoms with Crippen molar-refractivity contribution in [3.8, 4) is 0 Å². The third-order valence-corrected chi connectivity index (χ3v) is 4.44. The van der Waals surface area contributed by atoms with Crippen LogP contribution in [0.3, 0.4) is 0 Å². The summed E-state index contributed by atoms with van der Waals surface area (Å²) >= 11 is 3.49. The molecule has 1 N–H and O–H groups in total. The van der Waals surface area contributed by atoms with Crippen molar-refractivity contribution in [2.24, 2.45) is 5.92 Å². The fourth-order valence-electron chi connectivity index (χ4n) is 3.08. The van der Waals surface area contributed by atoms with Crippen LogP contribution < -0.4 is 0 Å². The van der Waals surface area contributed by atoms with Crippen LogP contribution in [0.4, 0.5) is 0 Å². The molecule has 0 radical (unpaired) electrons. The number of hydrogen-bond acceptors (Lipinski definition) is 2. The quantitative estimate of drug-likeness (QED) is 0.859. The normalized spacial score (nSPS) is 18.1. The Kier molecular flexibility index (Phi) is 5.86. The van der Waals surface area contributed by atoms with Crippen LogP contribution in [0.5, 0.6) is 0 Å². The number of aliphatic hydroxyl groups is 1. The highest BCUT2D eigenvalue weighted by Crippen LogP contribution is 2.28. The van der Waals surface area contributed by atoms with Crippen molar-refractivity contribution >= 4 is 15.9 Å². The molecule has 1 unspecified atom stereocenters. The highest BCUT2D eigenvalue weighted by molar-refractivity contribution is 9.10. The van der Waals surface area contributed by atoms with Gasteiger partial charge in [-0.25, -0.2) is 0 Å². The van der Waals surface area contributed by atoms with Gasteiger partial charge in [0, 0.05) is 17.6 Å². The SMILES string of the molecule is CN(Cc1cccc(Br)c1)CC(O)CC1CCCC1. The van der Waals surface area contributed by atoms with Gasteiger partial charge in [-0.15, -0.1) is 0 Å². The van der Waals surface area contributed by atoms with Gasteiger partial charge in [0.05, 0.1) is 6.10 Å². The first-order chi connectivity index (χ1) is 9.13. The van der Waals surface area contributed by atoms with Crippen LogP contribution in [0.15, 0.2) is 28.7 Å². The molecule has 1 aliphatic carbocycles. The van der Waals surface area contributed by atoms with Crippen LogP contribution in [-0.4, -0.2) is 29.7 Å². The van der Waals surface area contributed by atoms with E-state index < -0.39 is 0 Å². The zero-order chi connectivity index (χ0) is 13.7. The monoisotopic (exact) mass is 325 g/mol. The largest absolute Gasteiger partial charge is 0.392 e. The molecule has 2 nitrogen and oxygen atoms in total. The number of likely N-dealkylation sites (N-methyl/N-ethyl adjacent to an activating group) is 1. The number of nitrogens with zero attached hydrogens (tertiary/aromatic N) is 1. The summed E-state index contributed by atoms with van der Waals surface area (Å²) in [5.41, 5.74) is 1.28. The number of rotatable bonds is 6. The van der Waals surface area contributed by atoms with Crippen molar-refractivity contribution in [2.45, 2.75) is 44.8 Å². The Balaban J connectivity index is 1.75. The third-order valence-electron chi connectivity index (χ3n) is 3.94. The van der Waals surface area contributed by atoms with Gasteiger partial charge in [-0.2, -0.15) is 0 Å². The molecule has 0 saturated heterocycles. The van der Waals surface area contributed by atoms with Crippen molar-refractivity contribution in [3.05, 3.63) is 34.3 Å². The second kappa shape index (κ2) is 7.41. The van der Waals surface area contributed by atoms with E-state index in [0.29, 0.717) is 0 Å². The zero-order valence-electron chi connectivity index (χ0n) is 11.7. The second-order valence-electron chi connectivity index (χ2n) is 5.87. The number of hydrogen-bond donors (Lipinski definition) is 1. The lowest BCUT2D eigenvalue weighted by atomic mass is 10.00. The molecule has 0 aromatic heterocycles. The summed E-state index contributed by atoms with van der Waals surface area (Å²) in [5.74, 6) is 0.759. The first kappa shape index (κ1) is 15.0. The molecule has 19 heavy (non-hydrogen) atoms. The highest BCUT2D eigenvalue weighted by atomic mass is 79.9. The van der Waals surface area contributed by atoms with Crippen LogP contribution in [0.25, 0.3) is 0 Å². The van der Waals surface area contributed by atoms with Crippen molar-refractivity contribution in [3.63, 3.8) is 0 Å². The molecule has 106 valence electrons. The van der Waals surface area contributed by atoms with Crippen molar-refractivity contribution in [2.75, 3.05) is 13.6 Å². The first-order valence-corrected chi connectivity index (χ1v) is 8.04. The molecule has 1 aromatic carbocycles. The molecule has 1 aromatic rings. The number of aliphatic hydroxyl groups excluding tert-OH is 1. The standard InChI is InChI=1S/C16H24BrNO/c1-18(11-14-7-4-8-15(17)9-14)12-16(19)10-13-5-2-3-6-13/h4,7-9,13,16,19H,2-3,5-6,10-12H2,1H3. The average Bonchev–Trinajstić information content (AvgIpc) is 2.81. The fourth-order valence-corrected chi connectivity index (χ4v) is 3.52.